The van der Waals surface area contributed by atoms with Gasteiger partial charge in [0.05, 0.1) is 25.3 Å². The van der Waals surface area contributed by atoms with Crippen molar-refractivity contribution in [1.82, 2.24) is 24.7 Å². The Morgan fingerprint density at radius 3 is 2.67 bits per heavy atom. The van der Waals surface area contributed by atoms with Gasteiger partial charge in [-0.1, -0.05) is 25.1 Å². The highest BCUT2D eigenvalue weighted by Gasteiger charge is 2.33. The highest BCUT2D eigenvalue weighted by atomic mass is 35.5. The summed E-state index contributed by atoms with van der Waals surface area (Å²) in [4.78, 5) is 26.2. The van der Waals surface area contributed by atoms with Crippen molar-refractivity contribution in [2.45, 2.75) is 45.3 Å². The lowest BCUT2D eigenvalue weighted by atomic mass is 10.0. The third-order valence-corrected chi connectivity index (χ3v) is 5.76. The van der Waals surface area contributed by atoms with Gasteiger partial charge in [-0.05, 0) is 50.7 Å². The molecule has 0 fully saturated rings. The van der Waals surface area contributed by atoms with Crippen LogP contribution >= 0.6 is 11.6 Å². The summed E-state index contributed by atoms with van der Waals surface area (Å²) in [7, 11) is 5.01. The topological polar surface area (TPSA) is 64.6 Å². The zero-order chi connectivity index (χ0) is 24.3. The second-order valence-corrected chi connectivity index (χ2v) is 9.10. The fourth-order valence-electron chi connectivity index (χ4n) is 3.96. The molecule has 1 aromatic heterocycles. The van der Waals surface area contributed by atoms with Crippen LogP contribution < -0.4 is 5.32 Å². The van der Waals surface area contributed by atoms with E-state index in [0.717, 1.165) is 12.0 Å². The van der Waals surface area contributed by atoms with Crippen LogP contribution in [0.1, 0.15) is 48.7 Å². The molecule has 0 bridgehead atoms. The largest absolute Gasteiger partial charge is 0.363 e. The van der Waals surface area contributed by atoms with Gasteiger partial charge in [0.2, 0.25) is 5.28 Å². The summed E-state index contributed by atoms with van der Waals surface area (Å²) in [6.07, 6.45) is 0.867. The number of amides is 2. The number of alkyl halides is 2. The standard InChI is InChI=1S/C23H31ClF2N6O/c1-6-10-31(5)22(33)32-12-18-19(13-32)28-21(24)29-20(18)27-15(2)16-8-7-9-17(11-16)23(25,26)14-30(3)4/h7-9,11,15H,6,10,12-14H2,1-5H3,(H,27,28,29)/t15-/m1/s1. The Kier molecular flexibility index (Phi) is 7.74. The maximum atomic E-state index is 14.6. The smallest absolute Gasteiger partial charge is 0.320 e. The average molecular weight is 481 g/mol. The Labute approximate surface area is 198 Å². The molecule has 1 aliphatic heterocycles. The molecule has 1 aromatic carbocycles. The number of rotatable bonds is 8. The van der Waals surface area contributed by atoms with Crippen LogP contribution in [0.4, 0.5) is 19.4 Å². The SMILES string of the molecule is CCCN(C)C(=O)N1Cc2nc(Cl)nc(N[C@H](C)c3cccc(C(F)(F)CN(C)C)c3)c2C1. The zero-order valence-corrected chi connectivity index (χ0v) is 20.5. The molecule has 33 heavy (non-hydrogen) atoms. The number of nitrogens with one attached hydrogen (secondary N) is 1. The first-order valence-electron chi connectivity index (χ1n) is 11.0. The predicted molar refractivity (Wildman–Crippen MR) is 126 cm³/mol. The first kappa shape index (κ1) is 25.1. The summed E-state index contributed by atoms with van der Waals surface area (Å²) in [5, 5.41) is 3.37. The van der Waals surface area contributed by atoms with E-state index in [4.69, 9.17) is 11.6 Å². The molecule has 1 atom stereocenters. The predicted octanol–water partition coefficient (Wildman–Crippen LogP) is 4.73. The number of halogens is 3. The normalized spacial score (nSPS) is 14.4. The Morgan fingerprint density at radius 2 is 2.00 bits per heavy atom. The maximum Gasteiger partial charge on any atom is 0.320 e. The number of anilines is 1. The molecule has 0 saturated heterocycles. The minimum absolute atomic E-state index is 0.0379. The first-order valence-corrected chi connectivity index (χ1v) is 11.3. The summed E-state index contributed by atoms with van der Waals surface area (Å²) in [6, 6.07) is 5.98. The van der Waals surface area contributed by atoms with E-state index in [0.29, 0.717) is 36.7 Å². The Bertz CT molecular complexity index is 1000. The fourth-order valence-corrected chi connectivity index (χ4v) is 4.15. The number of hydrogen-bond donors (Lipinski definition) is 1. The third-order valence-electron chi connectivity index (χ3n) is 5.59. The molecule has 2 amide bonds. The van der Waals surface area contributed by atoms with E-state index < -0.39 is 5.92 Å². The molecule has 2 aromatic rings. The number of fused-ring (bicyclic) bond motifs is 1. The van der Waals surface area contributed by atoms with Gasteiger partial charge in [0.1, 0.15) is 5.82 Å². The molecular weight excluding hydrogens is 450 g/mol. The third kappa shape index (κ3) is 5.89. The molecule has 0 saturated carbocycles. The average Bonchev–Trinajstić information content (AvgIpc) is 3.16. The van der Waals surface area contributed by atoms with Gasteiger partial charge in [-0.2, -0.15) is 8.78 Å². The Balaban J connectivity index is 1.81. The van der Waals surface area contributed by atoms with E-state index in [2.05, 4.69) is 15.3 Å². The lowest BCUT2D eigenvalue weighted by Gasteiger charge is -2.24. The van der Waals surface area contributed by atoms with Crippen molar-refractivity contribution >= 4 is 23.4 Å². The van der Waals surface area contributed by atoms with Crippen LogP contribution in [-0.2, 0) is 19.0 Å². The van der Waals surface area contributed by atoms with Crippen molar-refractivity contribution in [1.29, 1.82) is 0 Å². The van der Waals surface area contributed by atoms with Gasteiger partial charge in [0, 0.05) is 30.8 Å². The Hall–Kier alpha value is -2.52. The highest BCUT2D eigenvalue weighted by molar-refractivity contribution is 6.28. The van der Waals surface area contributed by atoms with Crippen LogP contribution in [0.5, 0.6) is 0 Å². The molecule has 0 spiro atoms. The van der Waals surface area contributed by atoms with Gasteiger partial charge >= 0.3 is 6.03 Å². The molecular formula is C23H31ClF2N6O. The lowest BCUT2D eigenvalue weighted by molar-refractivity contribution is -0.0270. The monoisotopic (exact) mass is 480 g/mol. The fraction of sp³-hybridized carbons (Fsp3) is 0.522. The molecule has 3 rings (SSSR count). The molecule has 0 aliphatic carbocycles. The number of benzene rings is 1. The maximum absolute atomic E-state index is 14.6. The van der Waals surface area contributed by atoms with E-state index in [1.807, 2.05) is 13.8 Å². The van der Waals surface area contributed by atoms with Crippen LogP contribution in [-0.4, -0.2) is 64.9 Å². The summed E-state index contributed by atoms with van der Waals surface area (Å²) in [6.45, 7) is 4.88. The van der Waals surface area contributed by atoms with E-state index >= 15 is 0 Å². The summed E-state index contributed by atoms with van der Waals surface area (Å²) < 4.78 is 29.2. The molecule has 1 N–H and O–H groups in total. The first-order chi connectivity index (χ1) is 15.5. The minimum atomic E-state index is -2.97. The molecule has 7 nitrogen and oxygen atoms in total. The highest BCUT2D eigenvalue weighted by Crippen LogP contribution is 2.33. The minimum Gasteiger partial charge on any atom is -0.363 e. The second-order valence-electron chi connectivity index (χ2n) is 8.76. The van der Waals surface area contributed by atoms with Gasteiger partial charge in [0.25, 0.3) is 5.92 Å². The molecule has 0 unspecified atom stereocenters. The molecule has 1 aliphatic rings. The van der Waals surface area contributed by atoms with Crippen molar-refractivity contribution in [3.05, 3.63) is 51.9 Å². The molecule has 10 heteroatoms. The van der Waals surface area contributed by atoms with Crippen LogP contribution in [0, 0.1) is 0 Å². The number of carbonyl (C=O) groups excluding carboxylic acids is 1. The van der Waals surface area contributed by atoms with Gasteiger partial charge < -0.3 is 20.0 Å². The van der Waals surface area contributed by atoms with Crippen molar-refractivity contribution in [2.24, 2.45) is 0 Å². The molecule has 2 heterocycles. The number of aromatic nitrogens is 2. The van der Waals surface area contributed by atoms with E-state index in [1.54, 1.807) is 43.1 Å². The van der Waals surface area contributed by atoms with Crippen molar-refractivity contribution < 1.29 is 13.6 Å². The van der Waals surface area contributed by atoms with Gasteiger partial charge in [-0.25, -0.2) is 14.8 Å². The van der Waals surface area contributed by atoms with Gasteiger partial charge in [-0.15, -0.1) is 0 Å². The zero-order valence-electron chi connectivity index (χ0n) is 19.7. The van der Waals surface area contributed by atoms with Crippen molar-refractivity contribution in [3.8, 4) is 0 Å². The van der Waals surface area contributed by atoms with Crippen LogP contribution in [0.15, 0.2) is 24.3 Å². The number of nitrogens with zero attached hydrogens (tertiary/aromatic N) is 5. The molecule has 0 radical (unpaired) electrons. The number of urea groups is 1. The lowest BCUT2D eigenvalue weighted by Crippen LogP contribution is -2.38. The summed E-state index contributed by atoms with van der Waals surface area (Å²) in [5.74, 6) is -2.46. The van der Waals surface area contributed by atoms with Crippen LogP contribution in [0.3, 0.4) is 0 Å². The Morgan fingerprint density at radius 1 is 1.27 bits per heavy atom. The van der Waals surface area contributed by atoms with Crippen molar-refractivity contribution in [2.75, 3.05) is 39.5 Å². The van der Waals surface area contributed by atoms with Crippen LogP contribution in [0.25, 0.3) is 0 Å². The van der Waals surface area contributed by atoms with Gasteiger partial charge in [-0.3, -0.25) is 0 Å². The molecule has 180 valence electrons. The number of likely N-dealkylation sites (N-methyl/N-ethyl adjacent to an activating group) is 1. The van der Waals surface area contributed by atoms with E-state index in [9.17, 15) is 13.6 Å². The summed E-state index contributed by atoms with van der Waals surface area (Å²) in [5.41, 5.74) is 2.14. The van der Waals surface area contributed by atoms with E-state index in [-0.39, 0.29) is 29.5 Å². The summed E-state index contributed by atoms with van der Waals surface area (Å²) >= 11 is 6.15. The van der Waals surface area contributed by atoms with Gasteiger partial charge in [0.15, 0.2) is 0 Å². The number of carbonyl (C=O) groups is 1. The second kappa shape index (κ2) is 10.2. The van der Waals surface area contributed by atoms with E-state index in [1.165, 1.54) is 17.0 Å². The quantitative estimate of drug-likeness (QED) is 0.553. The van der Waals surface area contributed by atoms with Crippen LogP contribution in [0.2, 0.25) is 5.28 Å². The number of hydrogen-bond acceptors (Lipinski definition) is 5. The van der Waals surface area contributed by atoms with Crippen molar-refractivity contribution in [3.63, 3.8) is 0 Å².